The normalized spacial score (nSPS) is 15.2. The van der Waals surface area contributed by atoms with E-state index in [0.717, 1.165) is 66.5 Å². The summed E-state index contributed by atoms with van der Waals surface area (Å²) in [5.74, 6) is -0.194. The van der Waals surface area contributed by atoms with Gasteiger partial charge in [0.25, 0.3) is 0 Å². The number of halogens is 2. The predicted octanol–water partition coefficient (Wildman–Crippen LogP) is 6.46. The van der Waals surface area contributed by atoms with Crippen LogP contribution in [0.25, 0.3) is 22.0 Å². The third-order valence-corrected chi connectivity index (χ3v) is 8.59. The largest absolute Gasteiger partial charge is 0.395 e. The van der Waals surface area contributed by atoms with Crippen LogP contribution in [-0.4, -0.2) is 65.4 Å². The number of pyridine rings is 1. The lowest BCUT2D eigenvalue weighted by Crippen LogP contribution is -2.39. The molecule has 2 aromatic heterocycles. The van der Waals surface area contributed by atoms with Gasteiger partial charge >= 0.3 is 0 Å². The molecular weight excluding hydrogens is 562 g/mol. The maximum Gasteiger partial charge on any atom is 0.222 e. The van der Waals surface area contributed by atoms with E-state index in [1.165, 1.54) is 11.6 Å². The molecule has 1 unspecified atom stereocenters. The Bertz CT molecular complexity index is 1550. The Morgan fingerprint density at radius 3 is 2.64 bits per heavy atom. The monoisotopic (exact) mass is 604 g/mol. The lowest BCUT2D eigenvalue weighted by atomic mass is 9.91. The molecule has 9 heteroatoms. The summed E-state index contributed by atoms with van der Waals surface area (Å²) in [4.78, 5) is 19.7. The van der Waals surface area contributed by atoms with Crippen molar-refractivity contribution in [3.63, 3.8) is 0 Å². The highest BCUT2D eigenvalue weighted by atomic mass is 19.1. The van der Waals surface area contributed by atoms with Crippen molar-refractivity contribution >= 4 is 22.6 Å². The number of rotatable bonds is 13. The molecule has 2 aromatic carbocycles. The molecule has 1 saturated heterocycles. The van der Waals surface area contributed by atoms with E-state index in [1.54, 1.807) is 7.11 Å². The molecule has 1 atom stereocenters. The summed E-state index contributed by atoms with van der Waals surface area (Å²) >= 11 is 0. The number of aliphatic hydroxyl groups is 1. The Hall–Kier alpha value is -3.82. The van der Waals surface area contributed by atoms with Crippen LogP contribution in [0.5, 0.6) is 0 Å². The average molecular weight is 605 g/mol. The van der Waals surface area contributed by atoms with Gasteiger partial charge in [0.1, 0.15) is 17.5 Å². The molecule has 1 fully saturated rings. The van der Waals surface area contributed by atoms with Crippen LogP contribution < -0.4 is 5.32 Å². The number of hydrogen-bond acceptors (Lipinski definition) is 5. The van der Waals surface area contributed by atoms with Crippen LogP contribution in [0.15, 0.2) is 54.7 Å². The van der Waals surface area contributed by atoms with Crippen LogP contribution in [0.2, 0.25) is 0 Å². The molecule has 1 amide bonds. The fourth-order valence-electron chi connectivity index (χ4n) is 6.46. The van der Waals surface area contributed by atoms with E-state index >= 15 is 4.39 Å². The molecule has 0 spiro atoms. The lowest BCUT2D eigenvalue weighted by Gasteiger charge is -2.34. The second kappa shape index (κ2) is 14.8. The highest BCUT2D eigenvalue weighted by Gasteiger charge is 2.30. The van der Waals surface area contributed by atoms with Gasteiger partial charge in [0.2, 0.25) is 5.91 Å². The van der Waals surface area contributed by atoms with Crippen LogP contribution in [0, 0.1) is 18.6 Å². The van der Waals surface area contributed by atoms with Crippen molar-refractivity contribution in [2.24, 2.45) is 0 Å². The minimum atomic E-state index is -0.577. The second-order valence-corrected chi connectivity index (χ2v) is 11.6. The number of carbonyl (C=O) groups excluding carboxylic acids is 1. The molecule has 5 rings (SSSR count). The van der Waals surface area contributed by atoms with Gasteiger partial charge in [-0.15, -0.1) is 0 Å². The maximum absolute atomic E-state index is 15.1. The first-order valence-corrected chi connectivity index (χ1v) is 15.5. The van der Waals surface area contributed by atoms with Gasteiger partial charge < -0.3 is 24.6 Å². The van der Waals surface area contributed by atoms with Crippen LogP contribution in [0.3, 0.4) is 0 Å². The van der Waals surface area contributed by atoms with Crippen LogP contribution in [0.4, 0.5) is 14.6 Å². The van der Waals surface area contributed by atoms with Crippen LogP contribution in [-0.2, 0) is 22.5 Å². The second-order valence-electron chi connectivity index (χ2n) is 11.6. The molecule has 44 heavy (non-hydrogen) atoms. The van der Waals surface area contributed by atoms with E-state index in [9.17, 15) is 9.18 Å². The number of fused-ring (bicyclic) bond motifs is 1. The number of anilines is 1. The number of likely N-dealkylation sites (tertiary alicyclic amines) is 1. The summed E-state index contributed by atoms with van der Waals surface area (Å²) in [7, 11) is 1.65. The lowest BCUT2D eigenvalue weighted by molar-refractivity contribution is -0.132. The number of aliphatic hydroxyl groups excluding tert-OH is 1. The van der Waals surface area contributed by atoms with Gasteiger partial charge in [-0.1, -0.05) is 24.3 Å². The summed E-state index contributed by atoms with van der Waals surface area (Å²) in [6.45, 7) is 4.89. The number of nitrogens with zero attached hydrogens (tertiary/aromatic N) is 3. The minimum absolute atomic E-state index is 0.0578. The number of aryl methyl sites for hydroxylation is 3. The molecule has 1 aliphatic heterocycles. The Balaban J connectivity index is 1.20. The minimum Gasteiger partial charge on any atom is -0.395 e. The smallest absolute Gasteiger partial charge is 0.222 e. The first kappa shape index (κ1) is 31.6. The fourth-order valence-corrected chi connectivity index (χ4v) is 6.46. The van der Waals surface area contributed by atoms with Gasteiger partial charge in [-0.05, 0) is 73.9 Å². The highest BCUT2D eigenvalue weighted by molar-refractivity contribution is 5.86. The first-order chi connectivity index (χ1) is 21.4. The molecule has 2 N–H and O–H groups in total. The summed E-state index contributed by atoms with van der Waals surface area (Å²) in [6.07, 6.45) is 6.34. The molecule has 234 valence electrons. The summed E-state index contributed by atoms with van der Waals surface area (Å²) in [5.41, 5.74) is 5.60. The first-order valence-electron chi connectivity index (χ1n) is 15.5. The van der Waals surface area contributed by atoms with Crippen molar-refractivity contribution in [3.05, 3.63) is 83.2 Å². The van der Waals surface area contributed by atoms with Crippen LogP contribution >= 0.6 is 0 Å². The molecule has 0 saturated carbocycles. The molecule has 0 radical (unpaired) electrons. The van der Waals surface area contributed by atoms with Gasteiger partial charge in [-0.3, -0.25) is 4.79 Å². The van der Waals surface area contributed by atoms with E-state index in [4.69, 9.17) is 9.84 Å². The summed E-state index contributed by atoms with van der Waals surface area (Å²) in [5, 5.41) is 12.6. The number of ether oxygens (including phenoxy) is 1. The molecule has 7 nitrogen and oxygen atoms in total. The Morgan fingerprint density at radius 1 is 1.11 bits per heavy atom. The number of methoxy groups -OCH3 is 1. The van der Waals surface area contributed by atoms with Crippen LogP contribution in [0.1, 0.15) is 54.8 Å². The standard InChI is InChI=1S/C35H42F2N4O3/c1-24-30-20-29(36)21-31(37)35(30)41(17-5-19-44-2)34(24)28-7-4-16-40(23-28)33(43)8-3-6-25-9-11-26(12-10-25)27-13-14-32(39-22-27)38-15-18-42/h9-14,20-22,28,42H,3-8,15-19,23H2,1-2H3,(H,38,39). The number of nitrogens with one attached hydrogen (secondary N) is 1. The molecule has 3 heterocycles. The van der Waals surface area contributed by atoms with E-state index in [0.29, 0.717) is 50.0 Å². The molecule has 0 bridgehead atoms. The number of piperidine rings is 1. The van der Waals surface area contributed by atoms with Gasteiger partial charge in [-0.2, -0.15) is 0 Å². The summed E-state index contributed by atoms with van der Waals surface area (Å²) in [6, 6.07) is 14.6. The number of carbonyl (C=O) groups is 1. The van der Waals surface area contributed by atoms with Gasteiger partial charge in [-0.25, -0.2) is 13.8 Å². The number of aromatic nitrogens is 2. The van der Waals surface area contributed by atoms with E-state index in [-0.39, 0.29) is 18.4 Å². The third kappa shape index (κ3) is 7.27. The number of amides is 1. The van der Waals surface area contributed by atoms with Crippen molar-refractivity contribution in [1.82, 2.24) is 14.5 Å². The van der Waals surface area contributed by atoms with E-state index in [1.807, 2.05) is 34.7 Å². The zero-order valence-corrected chi connectivity index (χ0v) is 25.6. The number of hydrogen-bond donors (Lipinski definition) is 2. The molecular formula is C35H42F2N4O3. The predicted molar refractivity (Wildman–Crippen MR) is 170 cm³/mol. The Kier molecular flexibility index (Phi) is 10.6. The van der Waals surface area contributed by atoms with Crippen molar-refractivity contribution < 1.29 is 23.4 Å². The zero-order valence-electron chi connectivity index (χ0n) is 25.6. The molecule has 4 aromatic rings. The Labute approximate surface area is 257 Å². The average Bonchev–Trinajstić information content (AvgIpc) is 3.31. The van der Waals surface area contributed by atoms with Gasteiger partial charge in [0.05, 0.1) is 12.1 Å². The zero-order chi connectivity index (χ0) is 31.1. The van der Waals surface area contributed by atoms with Crippen molar-refractivity contribution in [2.45, 2.75) is 57.9 Å². The van der Waals surface area contributed by atoms with E-state index < -0.39 is 11.6 Å². The third-order valence-electron chi connectivity index (χ3n) is 8.59. The number of benzene rings is 2. The topological polar surface area (TPSA) is 79.6 Å². The molecule has 0 aliphatic carbocycles. The quantitative estimate of drug-likeness (QED) is 0.171. The van der Waals surface area contributed by atoms with E-state index in [2.05, 4.69) is 34.6 Å². The van der Waals surface area contributed by atoms with Gasteiger partial charge in [0.15, 0.2) is 0 Å². The van der Waals surface area contributed by atoms with Crippen molar-refractivity contribution in [1.29, 1.82) is 0 Å². The highest BCUT2D eigenvalue weighted by Crippen LogP contribution is 2.37. The van der Waals surface area contributed by atoms with Gasteiger partial charge in [0, 0.05) is 81.1 Å². The van der Waals surface area contributed by atoms with Crippen molar-refractivity contribution in [2.75, 3.05) is 45.3 Å². The Morgan fingerprint density at radius 2 is 1.91 bits per heavy atom. The SMILES string of the molecule is COCCCn1c(C2CCCN(C(=O)CCCc3ccc(-c4ccc(NCCO)nc4)cc3)C2)c(C)c2cc(F)cc(F)c21. The summed E-state index contributed by atoms with van der Waals surface area (Å²) < 4.78 is 36.5. The maximum atomic E-state index is 15.1. The molecule has 1 aliphatic rings. The van der Waals surface area contributed by atoms with Crippen molar-refractivity contribution in [3.8, 4) is 11.1 Å². The fraction of sp³-hybridized carbons (Fsp3) is 0.429.